The Hall–Kier alpha value is 0.870. The van der Waals surface area contributed by atoms with Crippen molar-refractivity contribution < 1.29 is 47.6 Å². The maximum Gasteiger partial charge on any atom is 1.00 e. The zero-order valence-corrected chi connectivity index (χ0v) is 9.51. The molecule has 0 saturated heterocycles. The zero-order valence-electron chi connectivity index (χ0n) is 6.62. The van der Waals surface area contributed by atoms with Crippen molar-refractivity contribution in [1.82, 2.24) is 0 Å². The smallest absolute Gasteiger partial charge is 0.870 e. The van der Waals surface area contributed by atoms with Gasteiger partial charge in [0, 0.05) is 0 Å². The second kappa shape index (κ2) is 6.57. The van der Waals surface area contributed by atoms with Crippen LogP contribution in [0, 0.1) is 0 Å². The SMILES string of the molecule is CC(C)(C)O[SH](=O)=O.[Na+].[OH-]. The fourth-order valence-electron chi connectivity index (χ4n) is 0.224. The van der Waals surface area contributed by atoms with E-state index in [2.05, 4.69) is 4.18 Å². The van der Waals surface area contributed by atoms with Crippen molar-refractivity contribution in [1.29, 1.82) is 0 Å². The summed E-state index contributed by atoms with van der Waals surface area (Å²) >= 11 is 0. The standard InChI is InChI=1S/C4H10O3S.Na.H2O/c1-4(2,3)7-8(5)6;;/h8H,1-3H3;;1H2/q;+1;/p-1. The number of hydrogen-bond donors (Lipinski definition) is 1. The zero-order chi connectivity index (χ0) is 6.78. The molecule has 0 aliphatic rings. The Labute approximate surface area is 84.7 Å². The summed E-state index contributed by atoms with van der Waals surface area (Å²) in [6, 6.07) is 0. The molecule has 0 aliphatic heterocycles. The molecule has 4 nitrogen and oxygen atoms in total. The second-order valence-electron chi connectivity index (χ2n) is 2.43. The van der Waals surface area contributed by atoms with Crippen LogP contribution >= 0.6 is 0 Å². The summed E-state index contributed by atoms with van der Waals surface area (Å²) in [5, 5.41) is 0. The summed E-state index contributed by atoms with van der Waals surface area (Å²) in [4.78, 5) is 0. The van der Waals surface area contributed by atoms with Crippen molar-refractivity contribution in [2.45, 2.75) is 26.4 Å². The fourth-order valence-corrected chi connectivity index (χ4v) is 0.671. The summed E-state index contributed by atoms with van der Waals surface area (Å²) in [5.74, 6) is 0. The molecular formula is C4H11NaO4S. The molecule has 0 aromatic carbocycles. The Bertz CT molecular complexity index is 129. The second-order valence-corrected chi connectivity index (χ2v) is 3.06. The molecule has 0 radical (unpaired) electrons. The first-order valence-electron chi connectivity index (χ1n) is 2.25. The average Bonchev–Trinajstić information content (AvgIpc) is 1.21. The molecule has 0 aromatic rings. The van der Waals surface area contributed by atoms with Gasteiger partial charge in [-0.15, -0.1) is 0 Å². The quantitative estimate of drug-likeness (QED) is 0.346. The predicted molar refractivity (Wildman–Crippen MR) is 33.1 cm³/mol. The topological polar surface area (TPSA) is 73.4 Å². The average molecular weight is 178 g/mol. The van der Waals surface area contributed by atoms with Gasteiger partial charge in [0.2, 0.25) is 0 Å². The van der Waals surface area contributed by atoms with Gasteiger partial charge >= 0.3 is 29.6 Å². The van der Waals surface area contributed by atoms with Gasteiger partial charge in [0.25, 0.3) is 11.0 Å². The first-order valence-corrected chi connectivity index (χ1v) is 3.35. The van der Waals surface area contributed by atoms with Crippen LogP contribution in [0.1, 0.15) is 20.8 Å². The Balaban J connectivity index is -0.000000245. The molecule has 6 heteroatoms. The van der Waals surface area contributed by atoms with Gasteiger partial charge < -0.3 is 5.48 Å². The van der Waals surface area contributed by atoms with E-state index in [1.807, 2.05) is 0 Å². The van der Waals surface area contributed by atoms with Crippen LogP contribution in [0.2, 0.25) is 0 Å². The summed E-state index contributed by atoms with van der Waals surface area (Å²) in [6.45, 7) is 5.04. The van der Waals surface area contributed by atoms with Gasteiger partial charge in [0.05, 0.1) is 5.60 Å². The van der Waals surface area contributed by atoms with Gasteiger partial charge in [-0.1, -0.05) is 0 Å². The molecule has 0 spiro atoms. The van der Waals surface area contributed by atoms with Gasteiger partial charge in [-0.3, -0.25) is 4.18 Å². The van der Waals surface area contributed by atoms with Crippen molar-refractivity contribution in [3.8, 4) is 0 Å². The minimum atomic E-state index is -2.69. The Kier molecular flexibility index (Phi) is 11.2. The molecular weight excluding hydrogens is 167 g/mol. The number of rotatable bonds is 1. The van der Waals surface area contributed by atoms with E-state index in [9.17, 15) is 8.42 Å². The molecule has 0 amide bonds. The Morgan fingerprint density at radius 3 is 1.50 bits per heavy atom. The molecule has 0 rings (SSSR count). The van der Waals surface area contributed by atoms with E-state index in [1.165, 1.54) is 0 Å². The van der Waals surface area contributed by atoms with E-state index < -0.39 is 16.6 Å². The summed E-state index contributed by atoms with van der Waals surface area (Å²) in [7, 11) is -2.69. The van der Waals surface area contributed by atoms with E-state index in [0.717, 1.165) is 0 Å². The van der Waals surface area contributed by atoms with Gasteiger partial charge in [-0.25, -0.2) is 8.42 Å². The van der Waals surface area contributed by atoms with E-state index >= 15 is 0 Å². The van der Waals surface area contributed by atoms with Crippen LogP contribution in [-0.4, -0.2) is 19.5 Å². The number of hydrogen-bond acceptors (Lipinski definition) is 4. The minimum Gasteiger partial charge on any atom is -0.870 e. The van der Waals surface area contributed by atoms with Crippen molar-refractivity contribution >= 4 is 11.0 Å². The van der Waals surface area contributed by atoms with E-state index in [1.54, 1.807) is 20.8 Å². The Morgan fingerprint density at radius 1 is 1.20 bits per heavy atom. The largest absolute Gasteiger partial charge is 1.00 e. The van der Waals surface area contributed by atoms with E-state index in [0.29, 0.717) is 0 Å². The molecule has 0 heterocycles. The fraction of sp³-hybridized carbons (Fsp3) is 1.00. The summed E-state index contributed by atoms with van der Waals surface area (Å²) in [5.41, 5.74) is -0.574. The van der Waals surface area contributed by atoms with Crippen molar-refractivity contribution in [3.63, 3.8) is 0 Å². The molecule has 0 fully saturated rings. The van der Waals surface area contributed by atoms with Crippen LogP contribution < -0.4 is 29.6 Å². The molecule has 0 aliphatic carbocycles. The Morgan fingerprint density at radius 2 is 1.50 bits per heavy atom. The van der Waals surface area contributed by atoms with Gasteiger partial charge in [-0.05, 0) is 20.8 Å². The molecule has 0 bridgehead atoms. The molecule has 0 aromatic heterocycles. The van der Waals surface area contributed by atoms with Crippen LogP contribution in [0.3, 0.4) is 0 Å². The minimum absolute atomic E-state index is 0. The maximum atomic E-state index is 9.83. The van der Waals surface area contributed by atoms with Crippen molar-refractivity contribution in [3.05, 3.63) is 0 Å². The van der Waals surface area contributed by atoms with Crippen LogP contribution in [-0.2, 0) is 15.2 Å². The normalized spacial score (nSPS) is 10.0. The van der Waals surface area contributed by atoms with Crippen molar-refractivity contribution in [2.75, 3.05) is 0 Å². The number of thiol groups is 1. The van der Waals surface area contributed by atoms with Gasteiger partial charge in [0.1, 0.15) is 0 Å². The predicted octanol–water partition coefficient (Wildman–Crippen LogP) is -2.84. The molecule has 0 atom stereocenters. The monoisotopic (exact) mass is 178 g/mol. The van der Waals surface area contributed by atoms with Crippen LogP contribution in [0.4, 0.5) is 0 Å². The van der Waals surface area contributed by atoms with Gasteiger partial charge in [-0.2, -0.15) is 0 Å². The third-order valence-corrected chi connectivity index (χ3v) is 1.05. The third-order valence-electron chi connectivity index (χ3n) is 0.348. The van der Waals surface area contributed by atoms with Crippen LogP contribution in [0.25, 0.3) is 0 Å². The van der Waals surface area contributed by atoms with E-state index in [-0.39, 0.29) is 35.0 Å². The molecule has 1 N–H and O–H groups in total. The first kappa shape index (κ1) is 17.1. The molecule has 0 unspecified atom stereocenters. The molecule has 10 heavy (non-hydrogen) atoms. The van der Waals surface area contributed by atoms with Gasteiger partial charge in [0.15, 0.2) is 0 Å². The summed E-state index contributed by atoms with van der Waals surface area (Å²) in [6.07, 6.45) is 0. The van der Waals surface area contributed by atoms with Crippen molar-refractivity contribution in [2.24, 2.45) is 0 Å². The van der Waals surface area contributed by atoms with E-state index in [4.69, 9.17) is 0 Å². The molecule has 58 valence electrons. The summed E-state index contributed by atoms with van der Waals surface area (Å²) < 4.78 is 24.1. The molecule has 0 saturated carbocycles. The third kappa shape index (κ3) is 15.9. The van der Waals surface area contributed by atoms with Crippen LogP contribution in [0.5, 0.6) is 0 Å². The maximum absolute atomic E-state index is 9.83. The first-order chi connectivity index (χ1) is 3.42. The van der Waals surface area contributed by atoms with Crippen LogP contribution in [0.15, 0.2) is 0 Å².